The third kappa shape index (κ3) is 3.32. The van der Waals surface area contributed by atoms with E-state index in [1.807, 2.05) is 68.0 Å². The fraction of sp³-hybridized carbons (Fsp3) is 0.182. The standard InChI is InChI=1S/C22H22BN3O2/c1-26-10-8-19-18(3-2-4-21(19)23(26)28)20(13-24)22(27)12-15-5-6-17-14-25-9-7-16(17)11-15/h2-11,14,20,28H,12-13,24H2,1H3. The molecule has 0 saturated heterocycles. The van der Waals surface area contributed by atoms with Crippen molar-refractivity contribution in [1.29, 1.82) is 0 Å². The van der Waals surface area contributed by atoms with Gasteiger partial charge in [-0.2, -0.15) is 0 Å². The van der Waals surface area contributed by atoms with Crippen molar-refractivity contribution < 1.29 is 9.82 Å². The molecule has 0 radical (unpaired) electrons. The molecule has 0 spiro atoms. The molecule has 0 aliphatic carbocycles. The first-order valence-electron chi connectivity index (χ1n) is 9.35. The van der Waals surface area contributed by atoms with Crippen LogP contribution in [0.5, 0.6) is 0 Å². The Morgan fingerprint density at radius 1 is 1.25 bits per heavy atom. The highest BCUT2D eigenvalue weighted by Gasteiger charge is 2.29. The Hall–Kier alpha value is -2.96. The molecule has 2 aromatic carbocycles. The monoisotopic (exact) mass is 371 g/mol. The Morgan fingerprint density at radius 3 is 2.93 bits per heavy atom. The number of aromatic nitrogens is 1. The van der Waals surface area contributed by atoms with Gasteiger partial charge in [0.25, 0.3) is 0 Å². The van der Waals surface area contributed by atoms with E-state index < -0.39 is 13.0 Å². The van der Waals surface area contributed by atoms with Crippen molar-refractivity contribution in [3.05, 3.63) is 77.7 Å². The molecular weight excluding hydrogens is 349 g/mol. The average molecular weight is 371 g/mol. The van der Waals surface area contributed by atoms with Crippen LogP contribution in [0.4, 0.5) is 0 Å². The number of fused-ring (bicyclic) bond motifs is 2. The number of hydrogen-bond acceptors (Lipinski definition) is 5. The maximum absolute atomic E-state index is 13.1. The van der Waals surface area contributed by atoms with Crippen molar-refractivity contribution >= 4 is 35.1 Å². The van der Waals surface area contributed by atoms with Gasteiger partial charge in [0.15, 0.2) is 0 Å². The Morgan fingerprint density at radius 2 is 2.11 bits per heavy atom. The Labute approximate surface area is 164 Å². The lowest BCUT2D eigenvalue weighted by Gasteiger charge is -2.27. The Kier molecular flexibility index (Phi) is 4.98. The van der Waals surface area contributed by atoms with Gasteiger partial charge in [-0.05, 0) is 52.9 Å². The summed E-state index contributed by atoms with van der Waals surface area (Å²) in [6.45, 7) is 0.229. The number of ketones is 1. The summed E-state index contributed by atoms with van der Waals surface area (Å²) in [6.07, 6.45) is 7.65. The zero-order valence-corrected chi connectivity index (χ0v) is 15.7. The van der Waals surface area contributed by atoms with Crippen LogP contribution >= 0.6 is 0 Å². The van der Waals surface area contributed by atoms with Crippen molar-refractivity contribution in [2.75, 3.05) is 13.6 Å². The number of nitrogens with two attached hydrogens (primary N) is 1. The van der Waals surface area contributed by atoms with E-state index >= 15 is 0 Å². The van der Waals surface area contributed by atoms with E-state index in [2.05, 4.69) is 4.98 Å². The maximum Gasteiger partial charge on any atom is 0.449 e. The summed E-state index contributed by atoms with van der Waals surface area (Å²) < 4.78 is 0. The van der Waals surface area contributed by atoms with E-state index in [9.17, 15) is 9.82 Å². The molecule has 28 heavy (non-hydrogen) atoms. The van der Waals surface area contributed by atoms with Crippen molar-refractivity contribution in [2.24, 2.45) is 5.73 Å². The summed E-state index contributed by atoms with van der Waals surface area (Å²) >= 11 is 0. The van der Waals surface area contributed by atoms with Gasteiger partial charge in [-0.1, -0.05) is 36.4 Å². The number of rotatable bonds is 5. The smallest absolute Gasteiger partial charge is 0.429 e. The highest BCUT2D eigenvalue weighted by Crippen LogP contribution is 2.25. The summed E-state index contributed by atoms with van der Waals surface area (Å²) in [5.74, 6) is -0.338. The molecule has 3 N–H and O–H groups in total. The lowest BCUT2D eigenvalue weighted by atomic mass is 9.66. The molecule has 4 rings (SSSR count). The van der Waals surface area contributed by atoms with Crippen molar-refractivity contribution in [3.8, 4) is 0 Å². The van der Waals surface area contributed by atoms with E-state index in [1.54, 1.807) is 11.0 Å². The zero-order chi connectivity index (χ0) is 19.7. The minimum Gasteiger partial charge on any atom is -0.429 e. The normalized spacial score (nSPS) is 14.2. The molecule has 0 bridgehead atoms. The molecule has 0 saturated carbocycles. The fourth-order valence-electron chi connectivity index (χ4n) is 3.82. The highest BCUT2D eigenvalue weighted by atomic mass is 16.2. The van der Waals surface area contributed by atoms with Crippen molar-refractivity contribution in [1.82, 2.24) is 9.79 Å². The van der Waals surface area contributed by atoms with Gasteiger partial charge in [-0.3, -0.25) is 9.78 Å². The third-order valence-electron chi connectivity index (χ3n) is 5.40. The van der Waals surface area contributed by atoms with Crippen LogP contribution in [0.25, 0.3) is 16.8 Å². The minimum absolute atomic E-state index is 0.0751. The molecule has 1 aliphatic rings. The number of Topliss-reactive ketones (excluding diaryl/α,β-unsaturated/α-hetero) is 1. The van der Waals surface area contributed by atoms with Gasteiger partial charge in [0.05, 0.1) is 5.92 Å². The molecule has 1 aliphatic heterocycles. The molecule has 1 atom stereocenters. The van der Waals surface area contributed by atoms with Gasteiger partial charge >= 0.3 is 7.05 Å². The number of carbonyl (C=O) groups excluding carboxylic acids is 1. The van der Waals surface area contributed by atoms with Crippen LogP contribution in [0.1, 0.15) is 22.6 Å². The van der Waals surface area contributed by atoms with Crippen LogP contribution in [0, 0.1) is 0 Å². The van der Waals surface area contributed by atoms with Gasteiger partial charge in [0.2, 0.25) is 0 Å². The van der Waals surface area contributed by atoms with E-state index in [4.69, 9.17) is 5.73 Å². The number of nitrogens with zero attached hydrogens (tertiary/aromatic N) is 2. The molecule has 2 heterocycles. The van der Waals surface area contributed by atoms with Crippen LogP contribution < -0.4 is 11.2 Å². The second-order valence-electron chi connectivity index (χ2n) is 7.19. The molecule has 1 unspecified atom stereocenters. The van der Waals surface area contributed by atoms with E-state index in [1.165, 1.54) is 0 Å². The molecule has 0 amide bonds. The summed E-state index contributed by atoms with van der Waals surface area (Å²) in [7, 11) is 1.10. The van der Waals surface area contributed by atoms with Gasteiger partial charge in [0.1, 0.15) is 5.78 Å². The van der Waals surface area contributed by atoms with Crippen LogP contribution in [0.2, 0.25) is 0 Å². The average Bonchev–Trinajstić information content (AvgIpc) is 2.71. The Balaban J connectivity index is 1.64. The molecule has 3 aromatic rings. The second kappa shape index (κ2) is 7.58. The van der Waals surface area contributed by atoms with Crippen LogP contribution in [0.3, 0.4) is 0 Å². The predicted molar refractivity (Wildman–Crippen MR) is 113 cm³/mol. The fourth-order valence-corrected chi connectivity index (χ4v) is 3.82. The van der Waals surface area contributed by atoms with Gasteiger partial charge < -0.3 is 15.6 Å². The van der Waals surface area contributed by atoms with Crippen LogP contribution in [-0.2, 0) is 11.2 Å². The first-order valence-corrected chi connectivity index (χ1v) is 9.35. The zero-order valence-electron chi connectivity index (χ0n) is 15.7. The molecule has 0 fully saturated rings. The van der Waals surface area contributed by atoms with E-state index in [-0.39, 0.29) is 12.3 Å². The number of carbonyl (C=O) groups is 1. The third-order valence-corrected chi connectivity index (χ3v) is 5.40. The SMILES string of the molecule is CN1C=Cc2c(cccc2C(CN)C(=O)Cc2ccc3cnccc3c2)B1O. The summed E-state index contributed by atoms with van der Waals surface area (Å²) in [6, 6.07) is 13.6. The summed E-state index contributed by atoms with van der Waals surface area (Å²) in [5, 5.41) is 12.6. The van der Waals surface area contributed by atoms with Crippen molar-refractivity contribution in [3.63, 3.8) is 0 Å². The van der Waals surface area contributed by atoms with Crippen LogP contribution in [0.15, 0.2) is 61.1 Å². The number of hydrogen-bond donors (Lipinski definition) is 2. The Bertz CT molecular complexity index is 1070. The first kappa shape index (κ1) is 18.4. The van der Waals surface area contributed by atoms with Gasteiger partial charge in [0, 0.05) is 30.7 Å². The first-order chi connectivity index (χ1) is 13.6. The van der Waals surface area contributed by atoms with Crippen molar-refractivity contribution in [2.45, 2.75) is 12.3 Å². The summed E-state index contributed by atoms with van der Waals surface area (Å²) in [5.41, 5.74) is 9.54. The van der Waals surface area contributed by atoms with Crippen LogP contribution in [-0.4, -0.2) is 41.2 Å². The quantitative estimate of drug-likeness (QED) is 0.668. The van der Waals surface area contributed by atoms with Gasteiger partial charge in [-0.15, -0.1) is 0 Å². The molecule has 140 valence electrons. The topological polar surface area (TPSA) is 79.5 Å². The van der Waals surface area contributed by atoms with Gasteiger partial charge in [-0.25, -0.2) is 0 Å². The predicted octanol–water partition coefficient (Wildman–Crippen LogP) is 1.69. The number of benzene rings is 2. The minimum atomic E-state index is -0.720. The lowest BCUT2D eigenvalue weighted by Crippen LogP contribution is -2.47. The molecular formula is C22H22BN3O2. The molecule has 5 nitrogen and oxygen atoms in total. The molecule has 6 heteroatoms. The summed E-state index contributed by atoms with van der Waals surface area (Å²) in [4.78, 5) is 19.0. The highest BCUT2D eigenvalue weighted by molar-refractivity contribution is 6.65. The van der Waals surface area contributed by atoms with E-state index in [0.29, 0.717) is 6.42 Å². The number of pyridine rings is 1. The largest absolute Gasteiger partial charge is 0.449 e. The second-order valence-corrected chi connectivity index (χ2v) is 7.19. The maximum atomic E-state index is 13.1. The van der Waals surface area contributed by atoms with E-state index in [0.717, 1.165) is 32.9 Å². The molecule has 1 aromatic heterocycles. The lowest BCUT2D eigenvalue weighted by molar-refractivity contribution is -0.119.